The Labute approximate surface area is 93.8 Å². The van der Waals surface area contributed by atoms with E-state index in [9.17, 15) is 0 Å². The Hall–Kier alpha value is -0.970. The van der Waals surface area contributed by atoms with Gasteiger partial charge in [0.15, 0.2) is 11.5 Å². The van der Waals surface area contributed by atoms with Gasteiger partial charge in [0.2, 0.25) is 0 Å². The monoisotopic (exact) mass is 231 g/mol. The van der Waals surface area contributed by atoms with Crippen LogP contribution in [0.15, 0.2) is 6.07 Å². The van der Waals surface area contributed by atoms with E-state index < -0.39 is 0 Å². The molecule has 0 bridgehead atoms. The fraction of sp³-hybridized carbons (Fsp3) is 0.400. The van der Waals surface area contributed by atoms with Crippen LogP contribution < -0.4 is 15.4 Å². The van der Waals surface area contributed by atoms with Gasteiger partial charge < -0.3 is 9.47 Å². The molecule has 0 atom stereocenters. The minimum Gasteiger partial charge on any atom is -0.493 e. The summed E-state index contributed by atoms with van der Waals surface area (Å²) in [5.41, 5.74) is 1.75. The summed E-state index contributed by atoms with van der Waals surface area (Å²) in [5.74, 6) is 6.12. The van der Waals surface area contributed by atoms with Crippen LogP contribution in [0.3, 0.4) is 0 Å². The van der Waals surface area contributed by atoms with Crippen LogP contribution in [0.1, 0.15) is 11.1 Å². The molecule has 0 radical (unpaired) electrons. The van der Waals surface area contributed by atoms with Gasteiger partial charge in [0, 0.05) is 5.56 Å². The van der Waals surface area contributed by atoms with E-state index in [0.29, 0.717) is 16.5 Å². The van der Waals surface area contributed by atoms with Crippen LogP contribution >= 0.6 is 11.6 Å². The number of nitrogens with two attached hydrogens (primary N) is 1. The molecule has 0 heterocycles. The van der Waals surface area contributed by atoms with E-state index in [4.69, 9.17) is 27.0 Å². The predicted octanol–water partition coefficient (Wildman–Crippen LogP) is 2.06. The maximum absolute atomic E-state index is 6.14. The molecule has 0 aliphatic heterocycles. The highest BCUT2D eigenvalue weighted by atomic mass is 35.5. The van der Waals surface area contributed by atoms with Crippen LogP contribution in [0.25, 0.3) is 0 Å². The second-order valence-electron chi connectivity index (χ2n) is 3.03. The molecule has 0 amide bonds. The third kappa shape index (κ3) is 2.34. The molecule has 84 valence electrons. The Kier molecular flexibility index (Phi) is 4.20. The Balaban J connectivity index is 3.31. The third-order valence-electron chi connectivity index (χ3n) is 2.16. The number of hydrogen-bond acceptors (Lipinski definition) is 4. The van der Waals surface area contributed by atoms with E-state index in [-0.39, 0.29) is 6.61 Å². The number of halogens is 1. The molecule has 0 saturated heterocycles. The minimum atomic E-state index is 0.241. The molecule has 0 aromatic heterocycles. The molecule has 2 N–H and O–H groups in total. The lowest BCUT2D eigenvalue weighted by molar-refractivity contribution is 0.123. The molecule has 1 aromatic carbocycles. The Bertz CT molecular complexity index is 355. The zero-order valence-electron chi connectivity index (χ0n) is 8.96. The lowest BCUT2D eigenvalue weighted by Gasteiger charge is -2.14. The average Bonchev–Trinajstić information content (AvgIpc) is 2.23. The van der Waals surface area contributed by atoms with Crippen molar-refractivity contribution >= 4 is 11.6 Å². The number of methoxy groups -OCH3 is 2. The van der Waals surface area contributed by atoms with Gasteiger partial charge in [0.25, 0.3) is 0 Å². The molecule has 15 heavy (non-hydrogen) atoms. The van der Waals surface area contributed by atoms with Gasteiger partial charge in [-0.1, -0.05) is 11.6 Å². The number of hydrogen-bond donors (Lipinski definition) is 1. The number of ether oxygens (including phenoxy) is 2. The van der Waals surface area contributed by atoms with E-state index >= 15 is 0 Å². The molecule has 5 heteroatoms. The summed E-state index contributed by atoms with van der Waals surface area (Å²) in [6.07, 6.45) is 0. The van der Waals surface area contributed by atoms with Crippen LogP contribution in [0.5, 0.6) is 11.5 Å². The van der Waals surface area contributed by atoms with Crippen molar-refractivity contribution in [2.45, 2.75) is 13.5 Å². The van der Waals surface area contributed by atoms with Gasteiger partial charge in [-0.3, -0.25) is 4.84 Å². The molecule has 1 aromatic rings. The molecule has 1 rings (SSSR count). The summed E-state index contributed by atoms with van der Waals surface area (Å²) in [6, 6.07) is 1.83. The molecule has 0 saturated carbocycles. The normalized spacial score (nSPS) is 10.2. The molecule has 0 aliphatic rings. The topological polar surface area (TPSA) is 53.7 Å². The number of aryl methyl sites for hydroxylation is 1. The summed E-state index contributed by atoms with van der Waals surface area (Å²) < 4.78 is 10.3. The molecule has 4 nitrogen and oxygen atoms in total. The van der Waals surface area contributed by atoms with Gasteiger partial charge in [-0.05, 0) is 18.6 Å². The van der Waals surface area contributed by atoms with Crippen molar-refractivity contribution in [3.63, 3.8) is 0 Å². The SMILES string of the molecule is COc1cc(C)c(CON)c(Cl)c1OC. The third-order valence-corrected chi connectivity index (χ3v) is 2.56. The van der Waals surface area contributed by atoms with Crippen molar-refractivity contribution < 1.29 is 14.3 Å². The summed E-state index contributed by atoms with van der Waals surface area (Å²) >= 11 is 6.14. The second-order valence-corrected chi connectivity index (χ2v) is 3.41. The van der Waals surface area contributed by atoms with Crippen molar-refractivity contribution in [3.05, 3.63) is 22.2 Å². The van der Waals surface area contributed by atoms with E-state index in [1.165, 1.54) is 7.11 Å². The average molecular weight is 232 g/mol. The summed E-state index contributed by atoms with van der Waals surface area (Å²) in [7, 11) is 3.10. The zero-order valence-corrected chi connectivity index (χ0v) is 9.72. The first-order chi connectivity index (χ1) is 7.15. The van der Waals surface area contributed by atoms with Gasteiger partial charge in [-0.25, -0.2) is 5.90 Å². The number of benzene rings is 1. The van der Waals surface area contributed by atoms with E-state index in [1.54, 1.807) is 7.11 Å². The van der Waals surface area contributed by atoms with E-state index in [1.807, 2.05) is 13.0 Å². The number of rotatable bonds is 4. The largest absolute Gasteiger partial charge is 0.493 e. The minimum absolute atomic E-state index is 0.241. The van der Waals surface area contributed by atoms with Crippen LogP contribution in [0, 0.1) is 6.92 Å². The highest BCUT2D eigenvalue weighted by Gasteiger charge is 2.15. The van der Waals surface area contributed by atoms with Crippen molar-refractivity contribution in [1.29, 1.82) is 0 Å². The van der Waals surface area contributed by atoms with Crippen molar-refractivity contribution in [2.75, 3.05) is 14.2 Å². The fourth-order valence-corrected chi connectivity index (χ4v) is 1.74. The van der Waals surface area contributed by atoms with Crippen molar-refractivity contribution in [2.24, 2.45) is 5.90 Å². The lowest BCUT2D eigenvalue weighted by atomic mass is 10.1. The molecular formula is C10H14ClNO3. The summed E-state index contributed by atoms with van der Waals surface area (Å²) in [6.45, 7) is 2.15. The Morgan fingerprint density at radius 3 is 2.47 bits per heavy atom. The van der Waals surface area contributed by atoms with E-state index in [2.05, 4.69) is 4.84 Å². The summed E-state index contributed by atoms with van der Waals surface area (Å²) in [4.78, 5) is 4.58. The first-order valence-corrected chi connectivity index (χ1v) is 4.75. The summed E-state index contributed by atoms with van der Waals surface area (Å²) in [5, 5.41) is 0.472. The molecular weight excluding hydrogens is 218 g/mol. The highest BCUT2D eigenvalue weighted by Crippen LogP contribution is 2.39. The van der Waals surface area contributed by atoms with Gasteiger partial charge in [-0.2, -0.15) is 0 Å². The van der Waals surface area contributed by atoms with Crippen LogP contribution in [0.4, 0.5) is 0 Å². The van der Waals surface area contributed by atoms with Gasteiger partial charge in [0.1, 0.15) is 0 Å². The molecule has 0 aliphatic carbocycles. The fourth-order valence-electron chi connectivity index (χ4n) is 1.37. The maximum atomic E-state index is 6.14. The quantitative estimate of drug-likeness (QED) is 0.806. The van der Waals surface area contributed by atoms with Gasteiger partial charge in [-0.15, -0.1) is 0 Å². The first-order valence-electron chi connectivity index (χ1n) is 4.37. The zero-order chi connectivity index (χ0) is 11.4. The Morgan fingerprint density at radius 2 is 2.00 bits per heavy atom. The van der Waals surface area contributed by atoms with Crippen LogP contribution in [-0.2, 0) is 11.4 Å². The highest BCUT2D eigenvalue weighted by molar-refractivity contribution is 6.33. The van der Waals surface area contributed by atoms with Crippen molar-refractivity contribution in [1.82, 2.24) is 0 Å². The van der Waals surface area contributed by atoms with Crippen LogP contribution in [0.2, 0.25) is 5.02 Å². The van der Waals surface area contributed by atoms with E-state index in [0.717, 1.165) is 11.1 Å². The van der Waals surface area contributed by atoms with Gasteiger partial charge in [0.05, 0.1) is 25.8 Å². The smallest absolute Gasteiger partial charge is 0.179 e. The first kappa shape index (κ1) is 12.1. The second kappa shape index (κ2) is 5.21. The maximum Gasteiger partial charge on any atom is 0.179 e. The molecule has 0 spiro atoms. The predicted molar refractivity (Wildman–Crippen MR) is 58.3 cm³/mol. The van der Waals surface area contributed by atoms with Crippen molar-refractivity contribution in [3.8, 4) is 11.5 Å². The molecule has 0 fully saturated rings. The van der Waals surface area contributed by atoms with Crippen LogP contribution in [-0.4, -0.2) is 14.2 Å². The lowest BCUT2D eigenvalue weighted by Crippen LogP contribution is -2.03. The molecule has 0 unspecified atom stereocenters. The standard InChI is InChI=1S/C10H14ClNO3/c1-6-4-8(13-2)10(14-3)9(11)7(6)5-15-12/h4H,5,12H2,1-3H3. The Morgan fingerprint density at radius 1 is 1.33 bits per heavy atom. The van der Waals surface area contributed by atoms with Gasteiger partial charge >= 0.3 is 0 Å².